The van der Waals surface area contributed by atoms with Crippen molar-refractivity contribution in [3.8, 4) is 5.69 Å². The van der Waals surface area contributed by atoms with Gasteiger partial charge < -0.3 is 20.7 Å². The molecule has 1 aliphatic rings. The second-order valence-corrected chi connectivity index (χ2v) is 8.60. The summed E-state index contributed by atoms with van der Waals surface area (Å²) >= 11 is 7.28. The standard InChI is InChI=1S/C20H19ClFN5O3S/c1-11-16(7-17(31-11)19(28)24-12-5-6-30-10-12)27-9-13(8-23-27)25-20(29)26-18-14(21)3-2-4-15(18)22/h2-4,7-9,12H,5-6,10H2,1H3,(H,24,28)(H2,25,26,29)/t12-/m1/s1. The molecule has 4 rings (SSSR count). The number of urea groups is 1. The number of hydrogen-bond acceptors (Lipinski definition) is 5. The molecule has 31 heavy (non-hydrogen) atoms. The number of rotatable bonds is 5. The fourth-order valence-electron chi connectivity index (χ4n) is 3.13. The van der Waals surface area contributed by atoms with Gasteiger partial charge in [0.25, 0.3) is 5.91 Å². The topological polar surface area (TPSA) is 97.3 Å². The molecule has 0 radical (unpaired) electrons. The highest BCUT2D eigenvalue weighted by Crippen LogP contribution is 2.27. The minimum absolute atomic E-state index is 0.0281. The van der Waals surface area contributed by atoms with E-state index in [1.165, 1.54) is 35.7 Å². The third-order valence-electron chi connectivity index (χ3n) is 4.67. The van der Waals surface area contributed by atoms with Crippen LogP contribution in [0.3, 0.4) is 0 Å². The van der Waals surface area contributed by atoms with Gasteiger partial charge >= 0.3 is 6.03 Å². The van der Waals surface area contributed by atoms with Crippen molar-refractivity contribution >= 4 is 46.3 Å². The van der Waals surface area contributed by atoms with Crippen molar-refractivity contribution in [3.63, 3.8) is 0 Å². The van der Waals surface area contributed by atoms with Crippen LogP contribution in [0.2, 0.25) is 5.02 Å². The predicted molar refractivity (Wildman–Crippen MR) is 117 cm³/mol. The molecule has 162 valence electrons. The Morgan fingerprint density at radius 1 is 1.35 bits per heavy atom. The van der Waals surface area contributed by atoms with Gasteiger partial charge in [0.2, 0.25) is 0 Å². The maximum Gasteiger partial charge on any atom is 0.323 e. The Morgan fingerprint density at radius 3 is 2.94 bits per heavy atom. The van der Waals surface area contributed by atoms with E-state index in [9.17, 15) is 14.0 Å². The summed E-state index contributed by atoms with van der Waals surface area (Å²) < 4.78 is 20.7. The van der Waals surface area contributed by atoms with E-state index in [0.29, 0.717) is 23.8 Å². The van der Waals surface area contributed by atoms with Crippen molar-refractivity contribution in [2.75, 3.05) is 23.8 Å². The van der Waals surface area contributed by atoms with Gasteiger partial charge in [-0.2, -0.15) is 5.10 Å². The van der Waals surface area contributed by atoms with Crippen LogP contribution in [0, 0.1) is 12.7 Å². The lowest BCUT2D eigenvalue weighted by atomic mass is 10.2. The summed E-state index contributed by atoms with van der Waals surface area (Å²) in [6.07, 6.45) is 3.86. The Morgan fingerprint density at radius 2 is 2.19 bits per heavy atom. The maximum absolute atomic E-state index is 13.8. The first-order valence-electron chi connectivity index (χ1n) is 9.47. The van der Waals surface area contributed by atoms with Crippen molar-refractivity contribution < 1.29 is 18.7 Å². The van der Waals surface area contributed by atoms with Crippen LogP contribution in [0.5, 0.6) is 0 Å². The Balaban J connectivity index is 1.43. The molecular formula is C20H19ClFN5O3S. The molecule has 0 aliphatic carbocycles. The van der Waals surface area contributed by atoms with Gasteiger partial charge in [0.05, 0.1) is 52.0 Å². The number of carbonyl (C=O) groups excluding carboxylic acids is 2. The molecule has 1 atom stereocenters. The quantitative estimate of drug-likeness (QED) is 0.528. The van der Waals surface area contributed by atoms with Crippen molar-refractivity contribution in [1.29, 1.82) is 0 Å². The summed E-state index contributed by atoms with van der Waals surface area (Å²) in [7, 11) is 0. The highest BCUT2D eigenvalue weighted by atomic mass is 35.5. The van der Waals surface area contributed by atoms with Crippen LogP contribution in [0.25, 0.3) is 5.69 Å². The van der Waals surface area contributed by atoms with E-state index < -0.39 is 11.8 Å². The summed E-state index contributed by atoms with van der Waals surface area (Å²) in [6.45, 7) is 3.06. The normalized spacial score (nSPS) is 15.6. The van der Waals surface area contributed by atoms with Crippen LogP contribution in [-0.2, 0) is 4.74 Å². The highest BCUT2D eigenvalue weighted by Gasteiger charge is 2.21. The molecule has 2 aromatic heterocycles. The van der Waals surface area contributed by atoms with Crippen molar-refractivity contribution in [1.82, 2.24) is 15.1 Å². The molecule has 3 N–H and O–H groups in total. The van der Waals surface area contributed by atoms with Crippen molar-refractivity contribution in [2.24, 2.45) is 0 Å². The molecule has 1 aliphatic heterocycles. The van der Waals surface area contributed by atoms with Crippen LogP contribution in [0.1, 0.15) is 21.0 Å². The van der Waals surface area contributed by atoms with Crippen molar-refractivity contribution in [3.05, 3.63) is 57.3 Å². The molecule has 0 spiro atoms. The number of ether oxygens (including phenoxy) is 1. The van der Waals surface area contributed by atoms with E-state index >= 15 is 0 Å². The van der Waals surface area contributed by atoms with E-state index in [0.717, 1.165) is 17.0 Å². The SMILES string of the molecule is Cc1sc(C(=O)N[C@@H]2CCOC2)cc1-n1cc(NC(=O)Nc2c(F)cccc2Cl)cn1. The van der Waals surface area contributed by atoms with Crippen LogP contribution < -0.4 is 16.0 Å². The molecule has 1 fully saturated rings. The molecule has 0 saturated carbocycles. The second kappa shape index (κ2) is 9.04. The Kier molecular flexibility index (Phi) is 6.21. The largest absolute Gasteiger partial charge is 0.379 e. The molecule has 0 unspecified atom stereocenters. The second-order valence-electron chi connectivity index (χ2n) is 6.94. The first-order valence-corrected chi connectivity index (χ1v) is 10.7. The van der Waals surface area contributed by atoms with Gasteiger partial charge in [-0.25, -0.2) is 13.9 Å². The lowest BCUT2D eigenvalue weighted by Gasteiger charge is -2.08. The molecular weight excluding hydrogens is 445 g/mol. The number of nitrogens with zero attached hydrogens (tertiary/aromatic N) is 2. The van der Waals surface area contributed by atoms with E-state index in [-0.39, 0.29) is 22.7 Å². The summed E-state index contributed by atoms with van der Waals surface area (Å²) in [5.41, 5.74) is 1.01. The molecule has 3 aromatic rings. The minimum Gasteiger partial charge on any atom is -0.379 e. The zero-order chi connectivity index (χ0) is 22.0. The number of aromatic nitrogens is 2. The number of benzene rings is 1. The summed E-state index contributed by atoms with van der Waals surface area (Å²) in [6, 6.07) is 5.25. The van der Waals surface area contributed by atoms with Crippen LogP contribution in [0.4, 0.5) is 20.6 Å². The third-order valence-corrected chi connectivity index (χ3v) is 6.02. The van der Waals surface area contributed by atoms with E-state index in [1.807, 2.05) is 6.92 Å². The van der Waals surface area contributed by atoms with E-state index in [1.54, 1.807) is 16.9 Å². The smallest absolute Gasteiger partial charge is 0.323 e. The Bertz CT molecular complexity index is 1110. The summed E-state index contributed by atoms with van der Waals surface area (Å²) in [5, 5.41) is 12.3. The van der Waals surface area contributed by atoms with E-state index in [2.05, 4.69) is 21.0 Å². The molecule has 1 aromatic carbocycles. The van der Waals surface area contributed by atoms with Gasteiger partial charge in [-0.3, -0.25) is 4.79 Å². The summed E-state index contributed by atoms with van der Waals surface area (Å²) in [4.78, 5) is 26.2. The molecule has 3 amide bonds. The number of aryl methyl sites for hydroxylation is 1. The minimum atomic E-state index is -0.660. The maximum atomic E-state index is 13.8. The fourth-order valence-corrected chi connectivity index (χ4v) is 4.25. The van der Waals surface area contributed by atoms with Gasteiger partial charge in [0.1, 0.15) is 5.82 Å². The molecule has 11 heteroatoms. The van der Waals surface area contributed by atoms with Gasteiger partial charge in [-0.05, 0) is 31.5 Å². The number of halogens is 2. The van der Waals surface area contributed by atoms with Gasteiger partial charge in [0, 0.05) is 11.5 Å². The number of carbonyl (C=O) groups is 2. The third kappa shape index (κ3) is 4.87. The molecule has 3 heterocycles. The number of nitrogens with one attached hydrogen (secondary N) is 3. The number of para-hydroxylation sites is 1. The molecule has 0 bridgehead atoms. The average molecular weight is 464 g/mol. The van der Waals surface area contributed by atoms with Gasteiger partial charge in [0.15, 0.2) is 0 Å². The molecule has 8 nitrogen and oxygen atoms in total. The van der Waals surface area contributed by atoms with Gasteiger partial charge in [-0.1, -0.05) is 17.7 Å². The van der Waals surface area contributed by atoms with Crippen LogP contribution in [-0.4, -0.2) is 41.0 Å². The Labute approximate surface area is 186 Å². The fraction of sp³-hybridized carbons (Fsp3) is 0.250. The van der Waals surface area contributed by atoms with Crippen LogP contribution >= 0.6 is 22.9 Å². The predicted octanol–water partition coefficient (Wildman–Crippen LogP) is 4.20. The van der Waals surface area contributed by atoms with Crippen molar-refractivity contribution in [2.45, 2.75) is 19.4 Å². The Hall–Kier alpha value is -2.95. The number of amides is 3. The lowest BCUT2D eigenvalue weighted by molar-refractivity contribution is 0.0934. The first kappa shape index (κ1) is 21.3. The van der Waals surface area contributed by atoms with E-state index in [4.69, 9.17) is 16.3 Å². The number of hydrogen-bond donors (Lipinski definition) is 3. The lowest BCUT2D eigenvalue weighted by Crippen LogP contribution is -2.34. The number of anilines is 2. The van der Waals surface area contributed by atoms with Gasteiger partial charge in [-0.15, -0.1) is 11.3 Å². The molecule has 1 saturated heterocycles. The zero-order valence-corrected chi connectivity index (χ0v) is 18.0. The zero-order valence-electron chi connectivity index (χ0n) is 16.4. The monoisotopic (exact) mass is 463 g/mol. The first-order chi connectivity index (χ1) is 14.9. The number of thiophene rings is 1. The van der Waals surface area contributed by atoms with Crippen LogP contribution in [0.15, 0.2) is 36.7 Å². The summed E-state index contributed by atoms with van der Waals surface area (Å²) in [5.74, 6) is -0.788. The highest BCUT2D eigenvalue weighted by molar-refractivity contribution is 7.14. The average Bonchev–Trinajstić information content (AvgIpc) is 3.46.